The number of carbonyl (C=O) groups excluding carboxylic acids is 1. The third kappa shape index (κ3) is 3.10. The Morgan fingerprint density at radius 1 is 1.33 bits per heavy atom. The van der Waals surface area contributed by atoms with E-state index in [0.717, 1.165) is 18.4 Å². The van der Waals surface area contributed by atoms with Gasteiger partial charge in [0.2, 0.25) is 0 Å². The van der Waals surface area contributed by atoms with Gasteiger partial charge in [0, 0.05) is 42.8 Å². The molecule has 6 heteroatoms. The lowest BCUT2D eigenvalue weighted by Gasteiger charge is -2.39. The fourth-order valence-corrected chi connectivity index (χ4v) is 3.36. The fraction of sp³-hybridized carbons (Fsp3) is 0.389. The highest BCUT2D eigenvalue weighted by molar-refractivity contribution is 5.94. The molecule has 2 aromatic rings. The Labute approximate surface area is 140 Å². The minimum Gasteiger partial charge on any atom is -0.334 e. The first kappa shape index (κ1) is 16.4. The van der Waals surface area contributed by atoms with E-state index in [2.05, 4.69) is 16.9 Å². The number of nitrogens with one attached hydrogen (secondary N) is 1. The zero-order chi connectivity index (χ0) is 17.1. The lowest BCUT2D eigenvalue weighted by molar-refractivity contribution is 0.0531. The molecule has 3 N–H and O–H groups in total. The Balaban J connectivity index is 1.89. The van der Waals surface area contributed by atoms with Gasteiger partial charge in [-0.3, -0.25) is 14.6 Å². The smallest absolute Gasteiger partial charge is 0.261 e. The zero-order valence-corrected chi connectivity index (χ0v) is 13.7. The Hall–Kier alpha value is -2.47. The van der Waals surface area contributed by atoms with Gasteiger partial charge in [-0.05, 0) is 43.0 Å². The molecule has 6 nitrogen and oxygen atoms in total. The first-order valence-corrected chi connectivity index (χ1v) is 8.26. The van der Waals surface area contributed by atoms with Crippen LogP contribution in [0, 0.1) is 5.92 Å². The number of aromatic amines is 1. The second kappa shape index (κ2) is 6.97. The molecule has 1 aliphatic heterocycles. The van der Waals surface area contributed by atoms with Gasteiger partial charge in [0.1, 0.15) is 5.56 Å². The van der Waals surface area contributed by atoms with Gasteiger partial charge in [0.25, 0.3) is 11.5 Å². The van der Waals surface area contributed by atoms with Gasteiger partial charge in [-0.15, -0.1) is 0 Å². The van der Waals surface area contributed by atoms with Gasteiger partial charge in [0.05, 0.1) is 0 Å². The van der Waals surface area contributed by atoms with Crippen molar-refractivity contribution < 1.29 is 4.79 Å². The van der Waals surface area contributed by atoms with E-state index in [1.807, 2.05) is 12.1 Å². The lowest BCUT2D eigenvalue weighted by Crippen LogP contribution is -2.52. The minimum absolute atomic E-state index is 0.00877. The van der Waals surface area contributed by atoms with Crippen LogP contribution in [-0.2, 0) is 0 Å². The van der Waals surface area contributed by atoms with Crippen LogP contribution in [0.4, 0.5) is 0 Å². The third-order valence-corrected chi connectivity index (χ3v) is 4.75. The van der Waals surface area contributed by atoms with Crippen LogP contribution in [0.15, 0.2) is 41.5 Å². The van der Waals surface area contributed by atoms with Crippen molar-refractivity contribution in [3.05, 3.63) is 52.6 Å². The van der Waals surface area contributed by atoms with Crippen molar-refractivity contribution in [2.75, 3.05) is 13.1 Å². The molecule has 0 bridgehead atoms. The monoisotopic (exact) mass is 326 g/mol. The number of piperidine rings is 1. The van der Waals surface area contributed by atoms with E-state index >= 15 is 0 Å². The Bertz CT molecular complexity index is 772. The maximum Gasteiger partial charge on any atom is 0.261 e. The van der Waals surface area contributed by atoms with Crippen molar-refractivity contribution in [3.63, 3.8) is 0 Å². The highest BCUT2D eigenvalue weighted by atomic mass is 16.2. The van der Waals surface area contributed by atoms with Crippen LogP contribution in [-0.4, -0.2) is 39.9 Å². The van der Waals surface area contributed by atoms with Gasteiger partial charge < -0.3 is 15.6 Å². The number of nitrogens with zero attached hydrogens (tertiary/aromatic N) is 2. The summed E-state index contributed by atoms with van der Waals surface area (Å²) in [6.07, 6.45) is 5.32. The number of carbonyl (C=O) groups is 1. The summed E-state index contributed by atoms with van der Waals surface area (Å²) < 4.78 is 0. The molecule has 1 amide bonds. The molecule has 3 rings (SSSR count). The standard InChI is InChI=1S/C18H22N4O2/c1-12-3-2-10-22(16(12)11-19)18(24)14-4-5-15(21-17(14)23)13-6-8-20-9-7-13/h4-9,12,16H,2-3,10-11,19H2,1H3,(H,21,23)/t12-,16+/m1/s1. The normalized spacial score (nSPS) is 20.8. The summed E-state index contributed by atoms with van der Waals surface area (Å²) in [5.41, 5.74) is 7.17. The second-order valence-electron chi connectivity index (χ2n) is 6.27. The molecule has 1 fully saturated rings. The molecule has 0 saturated carbocycles. The number of likely N-dealkylation sites (tertiary alicyclic amines) is 1. The molecule has 1 aliphatic rings. The molecule has 3 heterocycles. The molecular formula is C18H22N4O2. The number of pyridine rings is 2. The molecule has 126 valence electrons. The maximum atomic E-state index is 12.8. The van der Waals surface area contributed by atoms with Crippen molar-refractivity contribution in [2.24, 2.45) is 11.7 Å². The Kier molecular flexibility index (Phi) is 4.76. The zero-order valence-electron chi connectivity index (χ0n) is 13.7. The summed E-state index contributed by atoms with van der Waals surface area (Å²) in [6.45, 7) is 3.17. The summed E-state index contributed by atoms with van der Waals surface area (Å²) in [7, 11) is 0. The van der Waals surface area contributed by atoms with Gasteiger partial charge >= 0.3 is 0 Å². The van der Waals surface area contributed by atoms with Crippen LogP contribution in [0.5, 0.6) is 0 Å². The van der Waals surface area contributed by atoms with Crippen molar-refractivity contribution in [1.29, 1.82) is 0 Å². The lowest BCUT2D eigenvalue weighted by atomic mass is 9.90. The highest BCUT2D eigenvalue weighted by Gasteiger charge is 2.32. The largest absolute Gasteiger partial charge is 0.334 e. The molecule has 24 heavy (non-hydrogen) atoms. The molecule has 0 radical (unpaired) electrons. The third-order valence-electron chi connectivity index (χ3n) is 4.75. The van der Waals surface area contributed by atoms with E-state index in [-0.39, 0.29) is 23.1 Å². The van der Waals surface area contributed by atoms with Gasteiger partial charge in [0.15, 0.2) is 0 Å². The molecular weight excluding hydrogens is 304 g/mol. The Morgan fingerprint density at radius 3 is 2.75 bits per heavy atom. The van der Waals surface area contributed by atoms with E-state index in [4.69, 9.17) is 5.73 Å². The number of hydrogen-bond acceptors (Lipinski definition) is 4. The van der Waals surface area contributed by atoms with Crippen LogP contribution >= 0.6 is 0 Å². The molecule has 2 aromatic heterocycles. The Morgan fingerprint density at radius 2 is 2.08 bits per heavy atom. The van der Waals surface area contributed by atoms with Gasteiger partial charge in [-0.2, -0.15) is 0 Å². The van der Waals surface area contributed by atoms with E-state index < -0.39 is 0 Å². The van der Waals surface area contributed by atoms with E-state index in [1.54, 1.807) is 29.4 Å². The number of rotatable bonds is 3. The minimum atomic E-state index is -0.372. The summed E-state index contributed by atoms with van der Waals surface area (Å²) in [5.74, 6) is 0.113. The first-order chi connectivity index (χ1) is 11.6. The van der Waals surface area contributed by atoms with E-state index in [0.29, 0.717) is 24.7 Å². The van der Waals surface area contributed by atoms with Crippen LogP contribution in [0.3, 0.4) is 0 Å². The topological polar surface area (TPSA) is 92.1 Å². The predicted octanol–water partition coefficient (Wildman–Crippen LogP) is 1.64. The van der Waals surface area contributed by atoms with Crippen molar-refractivity contribution in [3.8, 4) is 11.3 Å². The van der Waals surface area contributed by atoms with Crippen molar-refractivity contribution >= 4 is 5.91 Å². The molecule has 0 aromatic carbocycles. The summed E-state index contributed by atoms with van der Waals surface area (Å²) >= 11 is 0. The molecule has 0 unspecified atom stereocenters. The van der Waals surface area contributed by atoms with Crippen LogP contribution in [0.1, 0.15) is 30.1 Å². The quantitative estimate of drug-likeness (QED) is 0.897. The highest BCUT2D eigenvalue weighted by Crippen LogP contribution is 2.24. The SMILES string of the molecule is C[C@@H]1CCCN(C(=O)c2ccc(-c3ccncc3)[nH]c2=O)[C@H]1CN. The van der Waals surface area contributed by atoms with Crippen molar-refractivity contribution in [2.45, 2.75) is 25.8 Å². The van der Waals surface area contributed by atoms with Crippen LogP contribution < -0.4 is 11.3 Å². The van der Waals surface area contributed by atoms with Crippen molar-refractivity contribution in [1.82, 2.24) is 14.9 Å². The van der Waals surface area contributed by atoms with Gasteiger partial charge in [-0.25, -0.2) is 0 Å². The first-order valence-electron chi connectivity index (χ1n) is 8.26. The summed E-state index contributed by atoms with van der Waals surface area (Å²) in [5, 5.41) is 0. The molecule has 0 spiro atoms. The number of H-pyrrole nitrogens is 1. The van der Waals surface area contributed by atoms with Crippen LogP contribution in [0.25, 0.3) is 11.3 Å². The molecule has 1 saturated heterocycles. The fourth-order valence-electron chi connectivity index (χ4n) is 3.36. The average molecular weight is 326 g/mol. The summed E-state index contributed by atoms with van der Waals surface area (Å²) in [6, 6.07) is 6.97. The van der Waals surface area contributed by atoms with E-state index in [9.17, 15) is 9.59 Å². The molecule has 0 aliphatic carbocycles. The predicted molar refractivity (Wildman–Crippen MR) is 92.6 cm³/mol. The number of hydrogen-bond donors (Lipinski definition) is 2. The summed E-state index contributed by atoms with van der Waals surface area (Å²) in [4.78, 5) is 33.8. The van der Waals surface area contributed by atoms with Crippen LogP contribution in [0.2, 0.25) is 0 Å². The maximum absolute atomic E-state index is 12.8. The van der Waals surface area contributed by atoms with Gasteiger partial charge in [-0.1, -0.05) is 6.92 Å². The second-order valence-corrected chi connectivity index (χ2v) is 6.27. The number of nitrogens with two attached hydrogens (primary N) is 1. The van der Waals surface area contributed by atoms with E-state index in [1.165, 1.54) is 0 Å². The number of aromatic nitrogens is 2. The number of amides is 1. The average Bonchev–Trinajstić information content (AvgIpc) is 2.61. The molecule has 2 atom stereocenters.